The molecular formula is C14H22N2O2S. The molecule has 2 atom stereocenters. The third kappa shape index (κ3) is 2.49. The first-order chi connectivity index (χ1) is 8.85. The van der Waals surface area contributed by atoms with E-state index < -0.39 is 10.0 Å². The van der Waals surface area contributed by atoms with Gasteiger partial charge < -0.3 is 5.73 Å². The van der Waals surface area contributed by atoms with Gasteiger partial charge in [-0.1, -0.05) is 19.1 Å². The smallest absolute Gasteiger partial charge is 0.245 e. The highest BCUT2D eigenvalue weighted by molar-refractivity contribution is 7.89. The van der Waals surface area contributed by atoms with E-state index in [-0.39, 0.29) is 10.9 Å². The van der Waals surface area contributed by atoms with Crippen LogP contribution in [0.3, 0.4) is 0 Å². The molecular weight excluding hydrogens is 260 g/mol. The Morgan fingerprint density at radius 2 is 2.00 bits per heavy atom. The zero-order chi connectivity index (χ0) is 14.2. The lowest BCUT2D eigenvalue weighted by atomic mass is 9.94. The molecule has 0 aliphatic carbocycles. The van der Waals surface area contributed by atoms with Gasteiger partial charge in [0, 0.05) is 12.6 Å². The SMILES string of the molecule is Cc1cccc(N)c1S(=O)(=O)N1CCCC(C)C1C. The Hall–Kier alpha value is -1.07. The topological polar surface area (TPSA) is 63.4 Å². The number of hydrogen-bond donors (Lipinski definition) is 1. The third-order valence-electron chi connectivity index (χ3n) is 4.12. The number of piperidine rings is 1. The summed E-state index contributed by atoms with van der Waals surface area (Å²) in [5.41, 5.74) is 6.94. The highest BCUT2D eigenvalue weighted by Crippen LogP contribution is 2.32. The van der Waals surface area contributed by atoms with E-state index in [1.54, 1.807) is 29.4 Å². The Kier molecular flexibility index (Phi) is 3.87. The Balaban J connectivity index is 2.48. The highest BCUT2D eigenvalue weighted by atomic mass is 32.2. The van der Waals surface area contributed by atoms with Crippen molar-refractivity contribution in [2.24, 2.45) is 5.92 Å². The lowest BCUT2D eigenvalue weighted by molar-refractivity contribution is 0.202. The van der Waals surface area contributed by atoms with Crippen molar-refractivity contribution in [3.05, 3.63) is 23.8 Å². The van der Waals surface area contributed by atoms with Crippen molar-refractivity contribution < 1.29 is 8.42 Å². The van der Waals surface area contributed by atoms with Crippen molar-refractivity contribution in [3.8, 4) is 0 Å². The van der Waals surface area contributed by atoms with Gasteiger partial charge in [-0.25, -0.2) is 8.42 Å². The molecule has 2 rings (SSSR count). The molecule has 106 valence electrons. The number of rotatable bonds is 2. The van der Waals surface area contributed by atoms with Crippen LogP contribution < -0.4 is 5.73 Å². The van der Waals surface area contributed by atoms with Crippen LogP contribution >= 0.6 is 0 Å². The average Bonchev–Trinajstić information content (AvgIpc) is 2.32. The van der Waals surface area contributed by atoms with Crippen LogP contribution in [0.4, 0.5) is 5.69 Å². The van der Waals surface area contributed by atoms with Crippen LogP contribution in [0.15, 0.2) is 23.1 Å². The normalized spacial score (nSPS) is 25.4. The second-order valence-corrected chi connectivity index (χ2v) is 7.30. The molecule has 1 saturated heterocycles. The zero-order valence-corrected chi connectivity index (χ0v) is 12.6. The molecule has 1 aromatic rings. The van der Waals surface area contributed by atoms with Crippen molar-refractivity contribution in [2.45, 2.75) is 44.6 Å². The van der Waals surface area contributed by atoms with E-state index in [4.69, 9.17) is 5.73 Å². The molecule has 2 unspecified atom stereocenters. The van der Waals surface area contributed by atoms with Crippen LogP contribution in [0.25, 0.3) is 0 Å². The second-order valence-electron chi connectivity index (χ2n) is 5.47. The van der Waals surface area contributed by atoms with E-state index in [0.29, 0.717) is 23.7 Å². The lowest BCUT2D eigenvalue weighted by Gasteiger charge is -2.37. The predicted octanol–water partition coefficient (Wildman–Crippen LogP) is 2.39. The average molecular weight is 282 g/mol. The van der Waals surface area contributed by atoms with Crippen molar-refractivity contribution in [1.82, 2.24) is 4.31 Å². The number of nitrogens with two attached hydrogens (primary N) is 1. The summed E-state index contributed by atoms with van der Waals surface area (Å²) in [4.78, 5) is 0.274. The van der Waals surface area contributed by atoms with E-state index >= 15 is 0 Å². The molecule has 5 heteroatoms. The summed E-state index contributed by atoms with van der Waals surface area (Å²) in [5.74, 6) is 0.383. The first-order valence-corrected chi connectivity index (χ1v) is 8.16. The van der Waals surface area contributed by atoms with Crippen LogP contribution in [0.2, 0.25) is 0 Å². The quantitative estimate of drug-likeness (QED) is 0.847. The monoisotopic (exact) mass is 282 g/mol. The number of nitrogen functional groups attached to an aromatic ring is 1. The molecule has 1 aliphatic rings. The summed E-state index contributed by atoms with van der Waals surface area (Å²) < 4.78 is 27.3. The first kappa shape index (κ1) is 14.3. The minimum absolute atomic E-state index is 0.0257. The Morgan fingerprint density at radius 3 is 2.63 bits per heavy atom. The van der Waals surface area contributed by atoms with E-state index in [9.17, 15) is 8.42 Å². The van der Waals surface area contributed by atoms with Crippen LogP contribution in [0, 0.1) is 12.8 Å². The summed E-state index contributed by atoms with van der Waals surface area (Å²) >= 11 is 0. The molecule has 0 amide bonds. The number of hydrogen-bond acceptors (Lipinski definition) is 3. The molecule has 2 N–H and O–H groups in total. The summed E-state index contributed by atoms with van der Waals surface area (Å²) in [5, 5.41) is 0. The van der Waals surface area contributed by atoms with Gasteiger partial charge in [0.05, 0.1) is 5.69 Å². The maximum atomic E-state index is 12.8. The largest absolute Gasteiger partial charge is 0.398 e. The number of nitrogens with zero attached hydrogens (tertiary/aromatic N) is 1. The molecule has 1 aliphatic heterocycles. The first-order valence-electron chi connectivity index (χ1n) is 6.72. The summed E-state index contributed by atoms with van der Waals surface area (Å²) in [6.45, 7) is 6.46. The molecule has 0 radical (unpaired) electrons. The molecule has 0 saturated carbocycles. The third-order valence-corrected chi connectivity index (χ3v) is 6.33. The molecule has 4 nitrogen and oxygen atoms in total. The second kappa shape index (κ2) is 5.13. The summed E-state index contributed by atoms with van der Waals surface area (Å²) in [7, 11) is -3.50. The van der Waals surface area contributed by atoms with E-state index in [0.717, 1.165) is 12.8 Å². The highest BCUT2D eigenvalue weighted by Gasteiger charge is 2.36. The fourth-order valence-electron chi connectivity index (χ4n) is 2.78. The van der Waals surface area contributed by atoms with Gasteiger partial charge >= 0.3 is 0 Å². The number of sulfonamides is 1. The summed E-state index contributed by atoms with van der Waals surface area (Å²) in [6, 6.07) is 5.25. The molecule has 19 heavy (non-hydrogen) atoms. The number of anilines is 1. The summed E-state index contributed by atoms with van der Waals surface area (Å²) in [6.07, 6.45) is 1.99. The van der Waals surface area contributed by atoms with Crippen molar-refractivity contribution >= 4 is 15.7 Å². The van der Waals surface area contributed by atoms with Gasteiger partial charge in [0.1, 0.15) is 4.90 Å². The Morgan fingerprint density at radius 1 is 1.32 bits per heavy atom. The number of benzene rings is 1. The van der Waals surface area contributed by atoms with Crippen LogP contribution in [0.5, 0.6) is 0 Å². The van der Waals surface area contributed by atoms with Gasteiger partial charge in [-0.3, -0.25) is 0 Å². The van der Waals surface area contributed by atoms with Gasteiger partial charge in [0.15, 0.2) is 0 Å². The van der Waals surface area contributed by atoms with E-state index in [1.807, 2.05) is 6.92 Å². The number of aryl methyl sites for hydroxylation is 1. The Bertz CT molecular complexity index is 549. The van der Waals surface area contributed by atoms with Gasteiger partial charge in [0.25, 0.3) is 0 Å². The van der Waals surface area contributed by atoms with Crippen LogP contribution in [-0.4, -0.2) is 25.3 Å². The fraction of sp³-hybridized carbons (Fsp3) is 0.571. The molecule has 1 fully saturated rings. The Labute approximate surface area is 115 Å². The minimum Gasteiger partial charge on any atom is -0.398 e. The van der Waals surface area contributed by atoms with Gasteiger partial charge in [0.2, 0.25) is 10.0 Å². The van der Waals surface area contributed by atoms with Gasteiger partial charge in [-0.15, -0.1) is 0 Å². The van der Waals surface area contributed by atoms with E-state index in [2.05, 4.69) is 6.92 Å². The van der Waals surface area contributed by atoms with E-state index in [1.165, 1.54) is 0 Å². The molecule has 1 aromatic carbocycles. The van der Waals surface area contributed by atoms with Gasteiger partial charge in [-0.2, -0.15) is 4.31 Å². The zero-order valence-electron chi connectivity index (χ0n) is 11.8. The van der Waals surface area contributed by atoms with Crippen molar-refractivity contribution in [2.75, 3.05) is 12.3 Å². The molecule has 0 spiro atoms. The van der Waals surface area contributed by atoms with Crippen molar-refractivity contribution in [3.63, 3.8) is 0 Å². The maximum absolute atomic E-state index is 12.8. The predicted molar refractivity (Wildman–Crippen MR) is 77.3 cm³/mol. The lowest BCUT2D eigenvalue weighted by Crippen LogP contribution is -2.46. The van der Waals surface area contributed by atoms with Gasteiger partial charge in [-0.05, 0) is 44.2 Å². The fourth-order valence-corrected chi connectivity index (χ4v) is 4.87. The van der Waals surface area contributed by atoms with Crippen LogP contribution in [0.1, 0.15) is 32.3 Å². The standard InChI is InChI=1S/C14H22N2O2S/c1-10-7-5-9-16(12(10)3)19(17,18)14-11(2)6-4-8-13(14)15/h4,6,8,10,12H,5,7,9,15H2,1-3H3. The maximum Gasteiger partial charge on any atom is 0.245 e. The molecule has 0 bridgehead atoms. The van der Waals surface area contributed by atoms with Crippen LogP contribution in [-0.2, 0) is 10.0 Å². The molecule has 0 aromatic heterocycles. The molecule has 1 heterocycles. The minimum atomic E-state index is -3.50. The van der Waals surface area contributed by atoms with Crippen molar-refractivity contribution in [1.29, 1.82) is 0 Å².